The molecule has 1 aromatic heterocycles. The zero-order valence-electron chi connectivity index (χ0n) is 9.53. The van der Waals surface area contributed by atoms with E-state index >= 15 is 0 Å². The SMILES string of the molecule is Cc1[nH]c2ccccc2c1CC(=O)OCC=O. The minimum absolute atomic E-state index is 0.180. The number of para-hydroxylation sites is 1. The maximum atomic E-state index is 11.5. The van der Waals surface area contributed by atoms with Crippen molar-refractivity contribution in [1.29, 1.82) is 0 Å². The standard InChI is InChI=1S/C13H13NO3/c1-9-11(8-13(16)17-7-6-15)10-4-2-3-5-12(10)14-9/h2-6,14H,7-8H2,1H3. The maximum absolute atomic E-state index is 11.5. The highest BCUT2D eigenvalue weighted by atomic mass is 16.5. The van der Waals surface area contributed by atoms with Crippen LogP contribution >= 0.6 is 0 Å². The molecule has 0 radical (unpaired) electrons. The van der Waals surface area contributed by atoms with Crippen molar-refractivity contribution in [1.82, 2.24) is 4.98 Å². The van der Waals surface area contributed by atoms with Gasteiger partial charge in [-0.15, -0.1) is 0 Å². The van der Waals surface area contributed by atoms with Crippen LogP contribution < -0.4 is 0 Å². The monoisotopic (exact) mass is 231 g/mol. The molecule has 1 heterocycles. The Morgan fingerprint density at radius 2 is 2.18 bits per heavy atom. The molecule has 1 N–H and O–H groups in total. The lowest BCUT2D eigenvalue weighted by Crippen LogP contribution is -2.10. The van der Waals surface area contributed by atoms with Gasteiger partial charge in [-0.25, -0.2) is 0 Å². The van der Waals surface area contributed by atoms with E-state index in [-0.39, 0.29) is 19.0 Å². The number of H-pyrrole nitrogens is 1. The van der Waals surface area contributed by atoms with E-state index in [2.05, 4.69) is 4.98 Å². The second-order valence-electron chi connectivity index (χ2n) is 3.80. The molecule has 0 atom stereocenters. The largest absolute Gasteiger partial charge is 0.458 e. The van der Waals surface area contributed by atoms with Crippen molar-refractivity contribution in [2.75, 3.05) is 6.61 Å². The van der Waals surface area contributed by atoms with Crippen LogP contribution in [0.1, 0.15) is 11.3 Å². The summed E-state index contributed by atoms with van der Waals surface area (Å²) in [5.41, 5.74) is 2.88. The predicted octanol–water partition coefficient (Wildman–Crippen LogP) is 1.76. The number of benzene rings is 1. The van der Waals surface area contributed by atoms with E-state index < -0.39 is 0 Å². The second-order valence-corrected chi connectivity index (χ2v) is 3.80. The van der Waals surface area contributed by atoms with Crippen molar-refractivity contribution < 1.29 is 14.3 Å². The normalized spacial score (nSPS) is 10.4. The first-order chi connectivity index (χ1) is 8.22. The van der Waals surface area contributed by atoms with Crippen LogP contribution in [0.3, 0.4) is 0 Å². The Bertz CT molecular complexity index is 557. The van der Waals surface area contributed by atoms with Crippen molar-refractivity contribution in [2.24, 2.45) is 0 Å². The van der Waals surface area contributed by atoms with Gasteiger partial charge in [-0.05, 0) is 18.6 Å². The van der Waals surface area contributed by atoms with Gasteiger partial charge in [-0.1, -0.05) is 18.2 Å². The summed E-state index contributed by atoms with van der Waals surface area (Å²) in [6.45, 7) is 1.74. The average Bonchev–Trinajstić information content (AvgIpc) is 2.64. The Morgan fingerprint density at radius 1 is 1.41 bits per heavy atom. The van der Waals surface area contributed by atoms with Crippen molar-refractivity contribution in [3.63, 3.8) is 0 Å². The first kappa shape index (κ1) is 11.4. The third-order valence-electron chi connectivity index (χ3n) is 2.66. The lowest BCUT2D eigenvalue weighted by atomic mass is 10.1. The fourth-order valence-corrected chi connectivity index (χ4v) is 1.88. The Morgan fingerprint density at radius 3 is 2.94 bits per heavy atom. The number of carbonyl (C=O) groups is 2. The summed E-state index contributed by atoms with van der Waals surface area (Å²) in [5, 5.41) is 1.02. The zero-order valence-corrected chi connectivity index (χ0v) is 9.53. The number of aromatic nitrogens is 1. The molecule has 0 aliphatic rings. The molecule has 1 aromatic carbocycles. The number of hydrogen-bond acceptors (Lipinski definition) is 3. The summed E-state index contributed by atoms with van der Waals surface area (Å²) in [6, 6.07) is 7.78. The summed E-state index contributed by atoms with van der Waals surface area (Å²) in [5.74, 6) is -0.384. The van der Waals surface area contributed by atoms with E-state index in [1.807, 2.05) is 31.2 Å². The van der Waals surface area contributed by atoms with E-state index in [0.29, 0.717) is 6.29 Å². The third-order valence-corrected chi connectivity index (χ3v) is 2.66. The van der Waals surface area contributed by atoms with Gasteiger partial charge in [0.25, 0.3) is 0 Å². The number of fused-ring (bicyclic) bond motifs is 1. The topological polar surface area (TPSA) is 59.2 Å². The van der Waals surface area contributed by atoms with E-state index in [1.54, 1.807) is 0 Å². The molecule has 0 amide bonds. The van der Waals surface area contributed by atoms with Gasteiger partial charge in [-0.2, -0.15) is 0 Å². The van der Waals surface area contributed by atoms with Crippen LogP contribution in [-0.4, -0.2) is 23.8 Å². The van der Waals surface area contributed by atoms with E-state index in [4.69, 9.17) is 4.74 Å². The quantitative estimate of drug-likeness (QED) is 0.644. The highest BCUT2D eigenvalue weighted by Gasteiger charge is 2.12. The lowest BCUT2D eigenvalue weighted by Gasteiger charge is -2.01. The van der Waals surface area contributed by atoms with Gasteiger partial charge in [0.15, 0.2) is 6.29 Å². The minimum atomic E-state index is -0.384. The van der Waals surface area contributed by atoms with Crippen LogP contribution in [0.25, 0.3) is 10.9 Å². The number of aryl methyl sites for hydroxylation is 1. The molecule has 0 saturated carbocycles. The molecular weight excluding hydrogens is 218 g/mol. The Labute approximate surface area is 98.6 Å². The van der Waals surface area contributed by atoms with Crippen LogP contribution in [0.4, 0.5) is 0 Å². The number of esters is 1. The van der Waals surface area contributed by atoms with Crippen LogP contribution in [0, 0.1) is 6.92 Å². The number of hydrogen-bond donors (Lipinski definition) is 1. The van der Waals surface area contributed by atoms with Gasteiger partial charge in [-0.3, -0.25) is 9.59 Å². The molecule has 17 heavy (non-hydrogen) atoms. The molecule has 0 spiro atoms. The fraction of sp³-hybridized carbons (Fsp3) is 0.231. The minimum Gasteiger partial charge on any atom is -0.458 e. The predicted molar refractivity (Wildman–Crippen MR) is 63.8 cm³/mol. The summed E-state index contributed by atoms with van der Waals surface area (Å²) >= 11 is 0. The molecule has 0 aliphatic heterocycles. The average molecular weight is 231 g/mol. The van der Waals surface area contributed by atoms with Crippen molar-refractivity contribution >= 4 is 23.2 Å². The number of aromatic amines is 1. The van der Waals surface area contributed by atoms with Gasteiger partial charge in [0.1, 0.15) is 6.61 Å². The molecule has 0 fully saturated rings. The fourth-order valence-electron chi connectivity index (χ4n) is 1.88. The van der Waals surface area contributed by atoms with Gasteiger partial charge in [0, 0.05) is 16.6 Å². The molecule has 2 aromatic rings. The summed E-state index contributed by atoms with van der Waals surface area (Å²) in [6.07, 6.45) is 0.754. The number of ether oxygens (including phenoxy) is 1. The summed E-state index contributed by atoms with van der Waals surface area (Å²) < 4.78 is 4.75. The molecule has 4 heteroatoms. The first-order valence-corrected chi connectivity index (χ1v) is 5.38. The summed E-state index contributed by atoms with van der Waals surface area (Å²) in [4.78, 5) is 24.8. The Kier molecular flexibility index (Phi) is 3.23. The summed E-state index contributed by atoms with van der Waals surface area (Å²) in [7, 11) is 0. The number of rotatable bonds is 4. The van der Waals surface area contributed by atoms with E-state index in [9.17, 15) is 9.59 Å². The smallest absolute Gasteiger partial charge is 0.310 e. The van der Waals surface area contributed by atoms with Gasteiger partial charge in [0.05, 0.1) is 6.42 Å². The van der Waals surface area contributed by atoms with Gasteiger partial charge >= 0.3 is 5.97 Å². The molecule has 88 valence electrons. The Hall–Kier alpha value is -2.10. The molecule has 4 nitrogen and oxygen atoms in total. The van der Waals surface area contributed by atoms with Crippen LogP contribution in [0.15, 0.2) is 24.3 Å². The van der Waals surface area contributed by atoms with Crippen LogP contribution in [0.5, 0.6) is 0 Å². The van der Waals surface area contributed by atoms with Crippen molar-refractivity contribution in [3.8, 4) is 0 Å². The zero-order chi connectivity index (χ0) is 12.3. The molecule has 0 saturated heterocycles. The van der Waals surface area contributed by atoms with Crippen molar-refractivity contribution in [3.05, 3.63) is 35.5 Å². The first-order valence-electron chi connectivity index (χ1n) is 5.38. The third kappa shape index (κ3) is 2.36. The van der Waals surface area contributed by atoms with Gasteiger partial charge < -0.3 is 9.72 Å². The second kappa shape index (κ2) is 4.82. The molecule has 2 rings (SSSR count). The number of nitrogens with one attached hydrogen (secondary N) is 1. The Balaban J connectivity index is 2.26. The van der Waals surface area contributed by atoms with Crippen LogP contribution in [0.2, 0.25) is 0 Å². The van der Waals surface area contributed by atoms with Crippen molar-refractivity contribution in [2.45, 2.75) is 13.3 Å². The maximum Gasteiger partial charge on any atom is 0.310 e. The van der Waals surface area contributed by atoms with E-state index in [0.717, 1.165) is 22.2 Å². The molecule has 0 unspecified atom stereocenters. The van der Waals surface area contributed by atoms with E-state index in [1.165, 1.54) is 0 Å². The number of aldehydes is 1. The van der Waals surface area contributed by atoms with Gasteiger partial charge in [0.2, 0.25) is 0 Å². The molecule has 0 aliphatic carbocycles. The highest BCUT2D eigenvalue weighted by Crippen LogP contribution is 2.22. The number of carbonyl (C=O) groups excluding carboxylic acids is 2. The molecule has 0 bridgehead atoms. The lowest BCUT2D eigenvalue weighted by molar-refractivity contribution is -0.144. The highest BCUT2D eigenvalue weighted by molar-refractivity contribution is 5.88. The van der Waals surface area contributed by atoms with Crippen LogP contribution in [-0.2, 0) is 20.7 Å². The molecular formula is C13H13NO3.